The molecule has 3 aromatic rings. The van der Waals surface area contributed by atoms with Gasteiger partial charge in [-0.25, -0.2) is 0 Å². The summed E-state index contributed by atoms with van der Waals surface area (Å²) in [4.78, 5) is 13.5. The topological polar surface area (TPSA) is 78.9 Å². The molecule has 2 aromatic carbocycles. The third-order valence-corrected chi connectivity index (χ3v) is 6.37. The lowest BCUT2D eigenvalue weighted by atomic mass is 10.0. The van der Waals surface area contributed by atoms with E-state index in [1.807, 2.05) is 38.1 Å². The second kappa shape index (κ2) is 7.14. The van der Waals surface area contributed by atoms with Crippen molar-refractivity contribution in [2.45, 2.75) is 33.1 Å². The number of hydrogen-bond acceptors (Lipinski definition) is 5. The Morgan fingerprint density at radius 2 is 1.93 bits per heavy atom. The van der Waals surface area contributed by atoms with Gasteiger partial charge < -0.3 is 11.1 Å². The number of aryl methyl sites for hydroxylation is 4. The average molecular weight is 388 g/mol. The molecule has 0 aliphatic heterocycles. The van der Waals surface area contributed by atoms with E-state index in [1.165, 1.54) is 28.9 Å². The minimum absolute atomic E-state index is 0.140. The lowest BCUT2D eigenvalue weighted by Crippen LogP contribution is -2.05. The first-order chi connectivity index (χ1) is 13.5. The highest BCUT2D eigenvalue weighted by atomic mass is 32.1. The predicted molar refractivity (Wildman–Crippen MR) is 115 cm³/mol. The molecule has 0 saturated carbocycles. The van der Waals surface area contributed by atoms with Crippen molar-refractivity contribution in [3.05, 3.63) is 74.7 Å². The van der Waals surface area contributed by atoms with Gasteiger partial charge in [0.1, 0.15) is 21.5 Å². The number of carbonyl (C=O) groups excluding carboxylic acids is 1. The fourth-order valence-electron chi connectivity index (χ4n) is 3.78. The van der Waals surface area contributed by atoms with Crippen LogP contribution in [0.2, 0.25) is 0 Å². The molecular weight excluding hydrogens is 366 g/mol. The Hall–Kier alpha value is -3.10. The number of thiophene rings is 1. The fraction of sp³-hybridized carbons (Fsp3) is 0.217. The summed E-state index contributed by atoms with van der Waals surface area (Å²) in [5, 5.41) is 13.5. The Morgan fingerprint density at radius 1 is 1.14 bits per heavy atom. The smallest absolute Gasteiger partial charge is 0.205 e. The number of nitrogens with two attached hydrogens (primary N) is 1. The van der Waals surface area contributed by atoms with E-state index in [9.17, 15) is 10.1 Å². The largest absolute Gasteiger partial charge is 0.396 e. The molecule has 1 aliphatic rings. The summed E-state index contributed by atoms with van der Waals surface area (Å²) in [7, 11) is 0. The summed E-state index contributed by atoms with van der Waals surface area (Å²) in [6, 6.07) is 14.2. The maximum absolute atomic E-state index is 13.1. The van der Waals surface area contributed by atoms with E-state index in [2.05, 4.69) is 23.5 Å². The van der Waals surface area contributed by atoms with Gasteiger partial charge in [-0.05, 0) is 61.9 Å². The van der Waals surface area contributed by atoms with Crippen molar-refractivity contribution in [2.75, 3.05) is 11.1 Å². The number of rotatable bonds is 4. The van der Waals surface area contributed by atoms with Gasteiger partial charge in [0, 0.05) is 11.3 Å². The predicted octanol–water partition coefficient (Wildman–Crippen LogP) is 5.28. The standard InChI is InChI=1S/C23H21N3OS/c1-13-6-9-18(14(2)10-13)21(27)22-20(25)19(12-24)23(28-22)26-17-8-7-15-4-3-5-16(15)11-17/h6-11,26H,3-5,25H2,1-2H3. The molecule has 1 heterocycles. The van der Waals surface area contributed by atoms with Gasteiger partial charge >= 0.3 is 0 Å². The molecule has 1 aliphatic carbocycles. The minimum Gasteiger partial charge on any atom is -0.396 e. The average Bonchev–Trinajstić information content (AvgIpc) is 3.25. The SMILES string of the molecule is Cc1ccc(C(=O)c2sc(Nc3ccc4c(c3)CCC4)c(C#N)c2N)c(C)c1. The van der Waals surface area contributed by atoms with Crippen LogP contribution in [-0.4, -0.2) is 5.78 Å². The molecule has 4 nitrogen and oxygen atoms in total. The highest BCUT2D eigenvalue weighted by Gasteiger charge is 2.23. The number of nitrogen functional groups attached to an aromatic ring is 1. The third kappa shape index (κ3) is 3.17. The van der Waals surface area contributed by atoms with Gasteiger partial charge in [-0.3, -0.25) is 4.79 Å². The molecule has 0 fully saturated rings. The summed E-state index contributed by atoms with van der Waals surface area (Å²) in [5.41, 5.74) is 13.1. The number of fused-ring (bicyclic) bond motifs is 1. The molecule has 28 heavy (non-hydrogen) atoms. The number of benzene rings is 2. The molecule has 0 atom stereocenters. The van der Waals surface area contributed by atoms with Crippen LogP contribution < -0.4 is 11.1 Å². The highest BCUT2D eigenvalue weighted by molar-refractivity contribution is 7.19. The van der Waals surface area contributed by atoms with Crippen LogP contribution in [0.4, 0.5) is 16.4 Å². The van der Waals surface area contributed by atoms with Crippen LogP contribution in [-0.2, 0) is 12.8 Å². The third-order valence-electron chi connectivity index (χ3n) is 5.25. The van der Waals surface area contributed by atoms with Crippen molar-refractivity contribution in [3.8, 4) is 6.07 Å². The number of carbonyl (C=O) groups is 1. The Morgan fingerprint density at radius 3 is 2.68 bits per heavy atom. The van der Waals surface area contributed by atoms with Gasteiger partial charge in [0.25, 0.3) is 0 Å². The number of nitriles is 1. The van der Waals surface area contributed by atoms with Crippen LogP contribution >= 0.6 is 11.3 Å². The zero-order valence-electron chi connectivity index (χ0n) is 15.9. The van der Waals surface area contributed by atoms with E-state index in [0.29, 0.717) is 21.0 Å². The molecule has 0 unspecified atom stereocenters. The van der Waals surface area contributed by atoms with E-state index in [4.69, 9.17) is 5.73 Å². The van der Waals surface area contributed by atoms with Crippen LogP contribution in [0.1, 0.15) is 49.5 Å². The Bertz CT molecular complexity index is 1140. The van der Waals surface area contributed by atoms with Crippen molar-refractivity contribution in [3.63, 3.8) is 0 Å². The molecule has 1 aromatic heterocycles. The lowest BCUT2D eigenvalue weighted by Gasteiger charge is -2.07. The van der Waals surface area contributed by atoms with Crippen molar-refractivity contribution in [1.82, 2.24) is 0 Å². The van der Waals surface area contributed by atoms with Gasteiger partial charge in [0.15, 0.2) is 0 Å². The molecule has 4 rings (SSSR count). The Labute approximate surface area is 168 Å². The van der Waals surface area contributed by atoms with Gasteiger partial charge in [-0.2, -0.15) is 5.26 Å². The molecule has 0 amide bonds. The molecule has 0 radical (unpaired) electrons. The van der Waals surface area contributed by atoms with Crippen molar-refractivity contribution < 1.29 is 4.79 Å². The maximum Gasteiger partial charge on any atom is 0.205 e. The number of anilines is 3. The maximum atomic E-state index is 13.1. The molecule has 0 saturated heterocycles. The van der Waals surface area contributed by atoms with E-state index in [-0.39, 0.29) is 11.5 Å². The summed E-state index contributed by atoms with van der Waals surface area (Å²) in [5.74, 6) is -0.140. The summed E-state index contributed by atoms with van der Waals surface area (Å²) < 4.78 is 0. The van der Waals surface area contributed by atoms with Gasteiger partial charge in [-0.1, -0.05) is 29.8 Å². The van der Waals surface area contributed by atoms with Gasteiger partial charge in [0.05, 0.1) is 5.69 Å². The molecule has 5 heteroatoms. The number of nitrogens with one attached hydrogen (secondary N) is 1. The van der Waals surface area contributed by atoms with Gasteiger partial charge in [-0.15, -0.1) is 11.3 Å². The van der Waals surface area contributed by atoms with Crippen molar-refractivity contribution in [1.29, 1.82) is 5.26 Å². The molecular formula is C23H21N3OS. The van der Waals surface area contributed by atoms with Crippen LogP contribution in [0, 0.1) is 25.2 Å². The molecule has 3 N–H and O–H groups in total. The fourth-order valence-corrected chi connectivity index (χ4v) is 4.83. The summed E-state index contributed by atoms with van der Waals surface area (Å²) in [6.45, 7) is 3.91. The number of hydrogen-bond donors (Lipinski definition) is 2. The van der Waals surface area contributed by atoms with E-state index in [0.717, 1.165) is 29.7 Å². The van der Waals surface area contributed by atoms with Crippen molar-refractivity contribution >= 4 is 33.5 Å². The molecule has 0 bridgehead atoms. The van der Waals surface area contributed by atoms with Gasteiger partial charge in [0.2, 0.25) is 5.78 Å². The van der Waals surface area contributed by atoms with Crippen LogP contribution in [0.3, 0.4) is 0 Å². The zero-order chi connectivity index (χ0) is 19.8. The normalized spacial score (nSPS) is 12.5. The summed E-state index contributed by atoms with van der Waals surface area (Å²) in [6.07, 6.45) is 3.39. The summed E-state index contributed by atoms with van der Waals surface area (Å²) >= 11 is 1.25. The van der Waals surface area contributed by atoms with Crippen LogP contribution in [0.25, 0.3) is 0 Å². The Kier molecular flexibility index (Phi) is 4.66. The quantitative estimate of drug-likeness (QED) is 0.597. The van der Waals surface area contributed by atoms with E-state index in [1.54, 1.807) is 0 Å². The second-order valence-corrected chi connectivity index (χ2v) is 8.29. The molecule has 140 valence electrons. The first-order valence-corrected chi connectivity index (χ1v) is 10.1. The minimum atomic E-state index is -0.140. The van der Waals surface area contributed by atoms with Crippen LogP contribution in [0.15, 0.2) is 36.4 Å². The monoisotopic (exact) mass is 387 g/mol. The number of nitrogens with zero attached hydrogens (tertiary/aromatic N) is 1. The van der Waals surface area contributed by atoms with E-state index >= 15 is 0 Å². The second-order valence-electron chi connectivity index (χ2n) is 7.27. The number of ketones is 1. The van der Waals surface area contributed by atoms with Crippen LogP contribution in [0.5, 0.6) is 0 Å². The van der Waals surface area contributed by atoms with Crippen molar-refractivity contribution in [2.24, 2.45) is 0 Å². The molecule has 0 spiro atoms. The highest BCUT2D eigenvalue weighted by Crippen LogP contribution is 2.39. The zero-order valence-corrected chi connectivity index (χ0v) is 16.7. The lowest BCUT2D eigenvalue weighted by molar-refractivity contribution is 0.104. The first-order valence-electron chi connectivity index (χ1n) is 9.31. The Balaban J connectivity index is 1.70. The van der Waals surface area contributed by atoms with E-state index < -0.39 is 0 Å². The first kappa shape index (κ1) is 18.3.